The maximum absolute atomic E-state index is 14.1. The van der Waals surface area contributed by atoms with Crippen LogP contribution in [0.1, 0.15) is 29.0 Å². The molecular weight excluding hydrogens is 345 g/mol. The molecular formula is C19H19ClFNOS. The van der Waals surface area contributed by atoms with Gasteiger partial charge in [0.2, 0.25) is 0 Å². The highest BCUT2D eigenvalue weighted by atomic mass is 35.5. The Morgan fingerprint density at radius 2 is 2.00 bits per heavy atom. The molecule has 5 heteroatoms. The molecule has 126 valence electrons. The molecule has 0 fully saturated rings. The van der Waals surface area contributed by atoms with Crippen LogP contribution in [0.2, 0.25) is 5.02 Å². The third kappa shape index (κ3) is 3.46. The summed E-state index contributed by atoms with van der Waals surface area (Å²) >= 11 is 7.65. The zero-order valence-corrected chi connectivity index (χ0v) is 14.9. The molecule has 0 aliphatic heterocycles. The topological polar surface area (TPSA) is 36.0 Å². The maximum atomic E-state index is 14.1. The van der Waals surface area contributed by atoms with Gasteiger partial charge in [-0.25, -0.2) is 4.39 Å². The lowest BCUT2D eigenvalue weighted by Crippen LogP contribution is -2.03. The van der Waals surface area contributed by atoms with E-state index in [-0.39, 0.29) is 18.3 Å². The van der Waals surface area contributed by atoms with Crippen LogP contribution in [-0.4, -0.2) is 23.0 Å². The summed E-state index contributed by atoms with van der Waals surface area (Å²) in [6, 6.07) is 10.8. The Balaban J connectivity index is 2.12. The molecule has 0 aliphatic rings. The minimum Gasteiger partial charge on any atom is -0.396 e. The van der Waals surface area contributed by atoms with E-state index in [1.165, 1.54) is 0 Å². The molecule has 3 rings (SSSR count). The minimum atomic E-state index is -0.230. The van der Waals surface area contributed by atoms with Crippen LogP contribution in [0.15, 0.2) is 42.6 Å². The monoisotopic (exact) mass is 363 g/mol. The number of aliphatic hydroxyl groups is 1. The summed E-state index contributed by atoms with van der Waals surface area (Å²) in [4.78, 5) is 3.30. The van der Waals surface area contributed by atoms with Gasteiger partial charge in [-0.15, -0.1) is 0 Å². The normalized spacial score (nSPS) is 12.7. The van der Waals surface area contributed by atoms with Gasteiger partial charge >= 0.3 is 0 Å². The zero-order chi connectivity index (χ0) is 17.1. The van der Waals surface area contributed by atoms with Gasteiger partial charge in [0.05, 0.1) is 0 Å². The van der Waals surface area contributed by atoms with Crippen LogP contribution >= 0.6 is 23.4 Å². The van der Waals surface area contributed by atoms with Crippen LogP contribution in [0, 0.1) is 5.82 Å². The van der Waals surface area contributed by atoms with Crippen molar-refractivity contribution in [1.29, 1.82) is 0 Å². The van der Waals surface area contributed by atoms with Crippen LogP contribution < -0.4 is 0 Å². The Morgan fingerprint density at radius 1 is 1.25 bits per heavy atom. The number of rotatable bonds is 6. The number of thioether (sulfide) groups is 1. The molecule has 1 unspecified atom stereocenters. The second-order valence-corrected chi connectivity index (χ2v) is 7.08. The molecule has 1 heterocycles. The largest absolute Gasteiger partial charge is 0.396 e. The first-order chi connectivity index (χ1) is 11.6. The Bertz CT molecular complexity index is 831. The number of aliphatic hydroxyl groups excluding tert-OH is 1. The van der Waals surface area contributed by atoms with Gasteiger partial charge in [0, 0.05) is 40.4 Å². The number of aromatic nitrogens is 1. The molecule has 2 aromatic carbocycles. The number of nitrogens with one attached hydrogen (secondary N) is 1. The summed E-state index contributed by atoms with van der Waals surface area (Å²) in [6.07, 6.45) is 4.51. The fraction of sp³-hybridized carbons (Fsp3) is 0.263. The number of halogens is 2. The second kappa shape index (κ2) is 7.60. The maximum Gasteiger partial charge on any atom is 0.124 e. The van der Waals surface area contributed by atoms with Crippen molar-refractivity contribution in [3.05, 3.63) is 70.1 Å². The van der Waals surface area contributed by atoms with Crippen LogP contribution in [0.25, 0.3) is 10.9 Å². The highest BCUT2D eigenvalue weighted by Crippen LogP contribution is 2.35. The number of benzene rings is 2. The number of hydrogen-bond donors (Lipinski definition) is 2. The van der Waals surface area contributed by atoms with Gasteiger partial charge in [-0.2, -0.15) is 11.8 Å². The molecule has 0 spiro atoms. The second-order valence-electron chi connectivity index (χ2n) is 5.78. The predicted octanol–water partition coefficient (Wildman–Crippen LogP) is 5.34. The zero-order valence-electron chi connectivity index (χ0n) is 13.4. The van der Waals surface area contributed by atoms with E-state index in [1.807, 2.05) is 36.7 Å². The van der Waals surface area contributed by atoms with Gasteiger partial charge in [0.1, 0.15) is 5.82 Å². The van der Waals surface area contributed by atoms with Gasteiger partial charge in [-0.3, -0.25) is 0 Å². The van der Waals surface area contributed by atoms with Crippen LogP contribution in [0.5, 0.6) is 0 Å². The molecule has 1 atom stereocenters. The first-order valence-corrected chi connectivity index (χ1v) is 9.56. The smallest absolute Gasteiger partial charge is 0.124 e. The summed E-state index contributed by atoms with van der Waals surface area (Å²) in [7, 11) is 0. The van der Waals surface area contributed by atoms with E-state index < -0.39 is 0 Å². The number of hydrogen-bond acceptors (Lipinski definition) is 2. The summed E-state index contributed by atoms with van der Waals surface area (Å²) in [5.41, 5.74) is 3.99. The highest BCUT2D eigenvalue weighted by molar-refractivity contribution is 7.97. The fourth-order valence-electron chi connectivity index (χ4n) is 3.17. The van der Waals surface area contributed by atoms with Crippen molar-refractivity contribution in [2.45, 2.75) is 18.1 Å². The molecule has 0 bridgehead atoms. The molecule has 24 heavy (non-hydrogen) atoms. The van der Waals surface area contributed by atoms with Crippen molar-refractivity contribution in [3.8, 4) is 0 Å². The van der Waals surface area contributed by atoms with E-state index in [9.17, 15) is 9.50 Å². The van der Waals surface area contributed by atoms with Crippen molar-refractivity contribution >= 4 is 34.3 Å². The van der Waals surface area contributed by atoms with Gasteiger partial charge in [0.15, 0.2) is 0 Å². The molecule has 0 aliphatic carbocycles. The van der Waals surface area contributed by atoms with Crippen molar-refractivity contribution < 1.29 is 9.50 Å². The summed E-state index contributed by atoms with van der Waals surface area (Å²) in [6.45, 7) is 0.0625. The van der Waals surface area contributed by atoms with Gasteiger partial charge in [-0.1, -0.05) is 23.7 Å². The first-order valence-electron chi connectivity index (χ1n) is 7.78. The lowest BCUT2D eigenvalue weighted by Gasteiger charge is -2.16. The number of H-pyrrole nitrogens is 1. The standard InChI is InChI=1S/C19H19ClFNOS/c1-24-11-13-8-15(21)9-17-18(10-22-19(13)17)16(6-7-23)12-2-4-14(20)5-3-12/h2-5,8-10,16,22-23H,6-7,11H2,1H3. The van der Waals surface area contributed by atoms with Crippen molar-refractivity contribution in [3.63, 3.8) is 0 Å². The summed E-state index contributed by atoms with van der Waals surface area (Å²) < 4.78 is 14.1. The third-order valence-corrected chi connectivity index (χ3v) is 5.08. The molecule has 0 amide bonds. The van der Waals surface area contributed by atoms with E-state index >= 15 is 0 Å². The van der Waals surface area contributed by atoms with E-state index in [0.717, 1.165) is 33.3 Å². The van der Waals surface area contributed by atoms with E-state index in [4.69, 9.17) is 11.6 Å². The van der Waals surface area contributed by atoms with Gasteiger partial charge in [-0.05, 0) is 53.6 Å². The lowest BCUT2D eigenvalue weighted by molar-refractivity contribution is 0.282. The Hall–Kier alpha value is -1.49. The van der Waals surface area contributed by atoms with Crippen LogP contribution in [-0.2, 0) is 5.75 Å². The highest BCUT2D eigenvalue weighted by Gasteiger charge is 2.19. The molecule has 3 aromatic rings. The number of aromatic amines is 1. The third-order valence-electron chi connectivity index (χ3n) is 4.23. The van der Waals surface area contributed by atoms with Crippen molar-refractivity contribution in [2.75, 3.05) is 12.9 Å². The summed E-state index contributed by atoms with van der Waals surface area (Å²) in [5, 5.41) is 11.1. The first kappa shape index (κ1) is 17.3. The molecule has 2 nitrogen and oxygen atoms in total. The Kier molecular flexibility index (Phi) is 5.49. The Morgan fingerprint density at radius 3 is 2.67 bits per heavy atom. The lowest BCUT2D eigenvalue weighted by atomic mass is 9.88. The molecule has 0 radical (unpaired) electrons. The van der Waals surface area contributed by atoms with Gasteiger partial charge in [0.25, 0.3) is 0 Å². The SMILES string of the molecule is CSCc1cc(F)cc2c(C(CCO)c3ccc(Cl)cc3)c[nH]c12. The van der Waals surface area contributed by atoms with Crippen molar-refractivity contribution in [1.82, 2.24) is 4.98 Å². The molecule has 1 aromatic heterocycles. The summed E-state index contributed by atoms with van der Waals surface area (Å²) in [5.74, 6) is 0.510. The van der Waals surface area contributed by atoms with Crippen LogP contribution in [0.4, 0.5) is 4.39 Å². The van der Waals surface area contributed by atoms with E-state index in [2.05, 4.69) is 4.98 Å². The number of fused-ring (bicyclic) bond motifs is 1. The molecule has 0 saturated heterocycles. The average Bonchev–Trinajstić information content (AvgIpc) is 2.97. The van der Waals surface area contributed by atoms with Crippen molar-refractivity contribution in [2.24, 2.45) is 0 Å². The van der Waals surface area contributed by atoms with Gasteiger partial charge < -0.3 is 10.1 Å². The minimum absolute atomic E-state index is 0.00931. The van der Waals surface area contributed by atoms with Crippen LogP contribution in [0.3, 0.4) is 0 Å². The fourth-order valence-corrected chi connectivity index (χ4v) is 3.84. The molecule has 0 saturated carbocycles. The van der Waals surface area contributed by atoms with E-state index in [1.54, 1.807) is 23.9 Å². The predicted molar refractivity (Wildman–Crippen MR) is 100 cm³/mol. The quantitative estimate of drug-likeness (QED) is 0.620. The average molecular weight is 364 g/mol. The molecule has 2 N–H and O–H groups in total. The van der Waals surface area contributed by atoms with E-state index in [0.29, 0.717) is 11.4 Å². The Labute approximate surface area is 150 Å².